The highest BCUT2D eigenvalue weighted by Crippen LogP contribution is 2.21. The van der Waals surface area contributed by atoms with Gasteiger partial charge in [0.1, 0.15) is 0 Å². The van der Waals surface area contributed by atoms with Gasteiger partial charge in [0.2, 0.25) is 10.0 Å². The minimum Gasteiger partial charge on any atom is -0.287 e. The molecule has 0 saturated carbocycles. The van der Waals surface area contributed by atoms with Gasteiger partial charge in [-0.25, -0.2) is 18.1 Å². The van der Waals surface area contributed by atoms with E-state index in [1.54, 1.807) is 16.7 Å². The molecule has 0 amide bonds. The molecule has 0 saturated heterocycles. The summed E-state index contributed by atoms with van der Waals surface area (Å²) in [7, 11) is -1.79. The second kappa shape index (κ2) is 7.78. The van der Waals surface area contributed by atoms with E-state index in [2.05, 4.69) is 25.6 Å². The molecule has 1 aromatic carbocycles. The average Bonchev–Trinajstić information content (AvgIpc) is 2.52. The van der Waals surface area contributed by atoms with E-state index in [9.17, 15) is 13.2 Å². The molecule has 0 fully saturated rings. The van der Waals surface area contributed by atoms with Crippen LogP contribution in [0.2, 0.25) is 0 Å². The van der Waals surface area contributed by atoms with Crippen LogP contribution in [0.4, 0.5) is 0 Å². The maximum atomic E-state index is 12.6. The fourth-order valence-electron chi connectivity index (χ4n) is 2.08. The molecule has 0 aliphatic rings. The van der Waals surface area contributed by atoms with Crippen molar-refractivity contribution in [3.63, 3.8) is 0 Å². The average molecular weight is 420 g/mol. The number of thioether (sulfide) groups is 1. The van der Waals surface area contributed by atoms with Gasteiger partial charge in [-0.3, -0.25) is 9.36 Å². The first kappa shape index (κ1) is 18.4. The third-order valence-electron chi connectivity index (χ3n) is 3.30. The maximum absolute atomic E-state index is 12.6. The molecule has 126 valence electrons. The number of nitrogens with one attached hydrogen (secondary N) is 1. The van der Waals surface area contributed by atoms with Crippen LogP contribution in [0.25, 0.3) is 10.9 Å². The highest BCUT2D eigenvalue weighted by Gasteiger charge is 2.12. The van der Waals surface area contributed by atoms with Crippen LogP contribution in [0, 0.1) is 0 Å². The van der Waals surface area contributed by atoms with Crippen LogP contribution in [0.1, 0.15) is 13.3 Å². The first-order valence-corrected chi connectivity index (χ1v) is 10.5. The van der Waals surface area contributed by atoms with Crippen LogP contribution in [0.15, 0.2) is 32.6 Å². The maximum Gasteiger partial charge on any atom is 0.262 e. The van der Waals surface area contributed by atoms with E-state index in [0.717, 1.165) is 4.47 Å². The lowest BCUT2D eigenvalue weighted by Gasteiger charge is -2.11. The Balaban J connectivity index is 2.23. The molecule has 0 aliphatic heterocycles. The van der Waals surface area contributed by atoms with E-state index in [1.807, 2.05) is 13.0 Å². The van der Waals surface area contributed by atoms with E-state index in [0.29, 0.717) is 34.8 Å². The standard InChI is InChI=1S/C14H18BrN3O3S2/c1-3-18-13(19)11-9-10(15)5-6-12(11)17-14(18)22-7-4-8-23(20,21)16-2/h5-6,9,16H,3-4,7-8H2,1-2H3. The molecule has 0 aliphatic carbocycles. The molecule has 0 spiro atoms. The summed E-state index contributed by atoms with van der Waals surface area (Å²) in [6, 6.07) is 5.42. The van der Waals surface area contributed by atoms with Crippen LogP contribution in [0.3, 0.4) is 0 Å². The Kier molecular flexibility index (Phi) is 6.24. The second-order valence-corrected chi connectivity index (χ2v) is 8.85. The SMILES string of the molecule is CCn1c(SCCCS(=O)(=O)NC)nc2ccc(Br)cc2c1=O. The zero-order valence-corrected chi connectivity index (χ0v) is 16.1. The van der Waals surface area contributed by atoms with Gasteiger partial charge in [-0.15, -0.1) is 0 Å². The second-order valence-electron chi connectivity index (χ2n) is 4.83. The summed E-state index contributed by atoms with van der Waals surface area (Å²) < 4.78 is 27.5. The lowest BCUT2D eigenvalue weighted by molar-refractivity contribution is 0.587. The van der Waals surface area contributed by atoms with Gasteiger partial charge in [-0.05, 0) is 38.6 Å². The Labute approximate surface area is 147 Å². The van der Waals surface area contributed by atoms with Crippen LogP contribution >= 0.6 is 27.7 Å². The highest BCUT2D eigenvalue weighted by atomic mass is 79.9. The molecule has 6 nitrogen and oxygen atoms in total. The first-order chi connectivity index (χ1) is 10.9. The topological polar surface area (TPSA) is 81.1 Å². The van der Waals surface area contributed by atoms with E-state index >= 15 is 0 Å². The summed E-state index contributed by atoms with van der Waals surface area (Å²) in [5.74, 6) is 0.642. The van der Waals surface area contributed by atoms with Crippen molar-refractivity contribution in [2.24, 2.45) is 0 Å². The van der Waals surface area contributed by atoms with Gasteiger partial charge >= 0.3 is 0 Å². The van der Waals surface area contributed by atoms with Crippen LogP contribution in [0.5, 0.6) is 0 Å². The van der Waals surface area contributed by atoms with E-state index in [-0.39, 0.29) is 11.3 Å². The molecule has 2 rings (SSSR count). The molecule has 0 unspecified atom stereocenters. The van der Waals surface area contributed by atoms with E-state index in [4.69, 9.17) is 0 Å². The summed E-state index contributed by atoms with van der Waals surface area (Å²) in [5.41, 5.74) is 0.567. The van der Waals surface area contributed by atoms with Crippen molar-refractivity contribution in [2.75, 3.05) is 18.6 Å². The van der Waals surface area contributed by atoms with E-state index < -0.39 is 10.0 Å². The minimum absolute atomic E-state index is 0.0629. The van der Waals surface area contributed by atoms with Crippen LogP contribution < -0.4 is 10.3 Å². The number of aromatic nitrogens is 2. The zero-order valence-electron chi connectivity index (χ0n) is 12.9. The predicted molar refractivity (Wildman–Crippen MR) is 97.6 cm³/mol. The third kappa shape index (κ3) is 4.56. The van der Waals surface area contributed by atoms with Crippen molar-refractivity contribution in [1.82, 2.24) is 14.3 Å². The van der Waals surface area contributed by atoms with Gasteiger partial charge in [0.05, 0.1) is 16.7 Å². The Morgan fingerprint density at radius 1 is 1.39 bits per heavy atom. The number of fused-ring (bicyclic) bond motifs is 1. The quantitative estimate of drug-likeness (QED) is 0.422. The number of hydrogen-bond donors (Lipinski definition) is 1. The number of hydrogen-bond acceptors (Lipinski definition) is 5. The van der Waals surface area contributed by atoms with Crippen LogP contribution in [-0.2, 0) is 16.6 Å². The van der Waals surface area contributed by atoms with Gasteiger partial charge in [0.15, 0.2) is 5.16 Å². The Morgan fingerprint density at radius 3 is 2.78 bits per heavy atom. The smallest absolute Gasteiger partial charge is 0.262 e. The molecule has 9 heteroatoms. The zero-order chi connectivity index (χ0) is 17.0. The summed E-state index contributed by atoms with van der Waals surface area (Å²) in [6.45, 7) is 2.41. The van der Waals surface area contributed by atoms with Gasteiger partial charge in [-0.1, -0.05) is 27.7 Å². The summed E-state index contributed by atoms with van der Waals surface area (Å²) in [5, 5.41) is 1.19. The van der Waals surface area contributed by atoms with E-state index in [1.165, 1.54) is 18.8 Å². The highest BCUT2D eigenvalue weighted by molar-refractivity contribution is 9.10. The third-order valence-corrected chi connectivity index (χ3v) is 6.30. The number of sulfonamides is 1. The lowest BCUT2D eigenvalue weighted by Crippen LogP contribution is -2.23. The van der Waals surface area contributed by atoms with Crippen molar-refractivity contribution >= 4 is 48.6 Å². The number of nitrogens with zero attached hydrogens (tertiary/aromatic N) is 2. The molecule has 23 heavy (non-hydrogen) atoms. The van der Waals surface area contributed by atoms with Crippen molar-refractivity contribution in [3.05, 3.63) is 33.0 Å². The van der Waals surface area contributed by atoms with Gasteiger partial charge in [0.25, 0.3) is 5.56 Å². The Hall–Kier alpha value is -0.900. The van der Waals surface area contributed by atoms with Crippen molar-refractivity contribution in [3.8, 4) is 0 Å². The number of halogens is 1. The summed E-state index contributed by atoms with van der Waals surface area (Å²) >= 11 is 4.77. The molecule has 2 aromatic rings. The molecule has 1 N–H and O–H groups in total. The molecule has 0 atom stereocenters. The van der Waals surface area contributed by atoms with Crippen LogP contribution in [-0.4, -0.2) is 36.5 Å². The summed E-state index contributed by atoms with van der Waals surface area (Å²) in [6.07, 6.45) is 0.492. The molecular formula is C14H18BrN3O3S2. The van der Waals surface area contributed by atoms with Gasteiger partial charge in [-0.2, -0.15) is 0 Å². The summed E-state index contributed by atoms with van der Waals surface area (Å²) in [4.78, 5) is 17.1. The predicted octanol–water partition coefficient (Wildman–Crippen LogP) is 2.21. The minimum atomic E-state index is -3.19. The Bertz CT molecular complexity index is 865. The Morgan fingerprint density at radius 2 is 2.13 bits per heavy atom. The molecule has 1 aromatic heterocycles. The lowest BCUT2D eigenvalue weighted by atomic mass is 10.2. The molecule has 0 radical (unpaired) electrons. The fourth-order valence-corrected chi connectivity index (χ4v) is 4.35. The van der Waals surface area contributed by atoms with Crippen molar-refractivity contribution < 1.29 is 8.42 Å². The van der Waals surface area contributed by atoms with Crippen molar-refractivity contribution in [1.29, 1.82) is 0 Å². The monoisotopic (exact) mass is 419 g/mol. The number of benzene rings is 1. The first-order valence-electron chi connectivity index (χ1n) is 7.12. The van der Waals surface area contributed by atoms with Gasteiger partial charge < -0.3 is 0 Å². The normalized spacial score (nSPS) is 12.0. The van der Waals surface area contributed by atoms with Crippen molar-refractivity contribution in [2.45, 2.75) is 25.0 Å². The largest absolute Gasteiger partial charge is 0.287 e. The molecule has 0 bridgehead atoms. The van der Waals surface area contributed by atoms with Gasteiger partial charge in [0, 0.05) is 16.8 Å². The number of rotatable bonds is 7. The molecular weight excluding hydrogens is 402 g/mol. The molecule has 1 heterocycles. The fraction of sp³-hybridized carbons (Fsp3) is 0.429.